The quantitative estimate of drug-likeness (QED) is 0.783. The minimum absolute atomic E-state index is 0.0655. The summed E-state index contributed by atoms with van der Waals surface area (Å²) in [6, 6.07) is 7.37. The molecule has 0 aliphatic heterocycles. The molecule has 0 atom stereocenters. The summed E-state index contributed by atoms with van der Waals surface area (Å²) in [5.41, 5.74) is 6.06. The summed E-state index contributed by atoms with van der Waals surface area (Å²) >= 11 is 3.32. The van der Waals surface area contributed by atoms with E-state index in [9.17, 15) is 4.79 Å². The number of halogens is 1. The van der Waals surface area contributed by atoms with Crippen LogP contribution in [-0.4, -0.2) is 25.7 Å². The molecule has 0 unspecified atom stereocenters. The fourth-order valence-electron chi connectivity index (χ4n) is 1.08. The Kier molecular flexibility index (Phi) is 6.07. The molecule has 1 aromatic carbocycles. The molecule has 88 valence electrons. The van der Waals surface area contributed by atoms with Crippen LogP contribution >= 0.6 is 15.9 Å². The van der Waals surface area contributed by atoms with E-state index in [1.54, 1.807) is 0 Å². The van der Waals surface area contributed by atoms with Gasteiger partial charge in [0.05, 0.1) is 0 Å². The second-order valence-electron chi connectivity index (χ2n) is 3.25. The van der Waals surface area contributed by atoms with Crippen molar-refractivity contribution in [1.29, 1.82) is 0 Å². The van der Waals surface area contributed by atoms with E-state index in [4.69, 9.17) is 10.5 Å². The van der Waals surface area contributed by atoms with Crippen LogP contribution in [0.25, 0.3) is 0 Å². The number of rotatable bonds is 6. The molecule has 0 saturated carbocycles. The molecule has 1 aromatic rings. The first kappa shape index (κ1) is 13.2. The number of carbonyl (C=O) groups excluding carboxylic acids is 1. The van der Waals surface area contributed by atoms with Crippen molar-refractivity contribution in [2.24, 2.45) is 5.73 Å². The van der Waals surface area contributed by atoms with Gasteiger partial charge in [-0.2, -0.15) is 0 Å². The molecule has 4 nitrogen and oxygen atoms in total. The molecular formula is C11H15BrN2O2. The molecule has 0 aliphatic carbocycles. The van der Waals surface area contributed by atoms with Crippen LogP contribution in [-0.2, 0) is 9.53 Å². The molecule has 1 rings (SSSR count). The number of ether oxygens (including phenoxy) is 1. The van der Waals surface area contributed by atoms with Crippen LogP contribution in [0.5, 0.6) is 0 Å². The average molecular weight is 287 g/mol. The van der Waals surface area contributed by atoms with E-state index in [2.05, 4.69) is 21.2 Å². The van der Waals surface area contributed by atoms with Crippen molar-refractivity contribution in [2.45, 2.75) is 6.42 Å². The van der Waals surface area contributed by atoms with Gasteiger partial charge >= 0.3 is 0 Å². The van der Waals surface area contributed by atoms with Gasteiger partial charge in [0.1, 0.15) is 6.61 Å². The first-order valence-electron chi connectivity index (χ1n) is 5.05. The topological polar surface area (TPSA) is 64.3 Å². The van der Waals surface area contributed by atoms with Gasteiger partial charge in [-0.1, -0.05) is 15.9 Å². The zero-order chi connectivity index (χ0) is 11.8. The van der Waals surface area contributed by atoms with Gasteiger partial charge in [-0.3, -0.25) is 4.79 Å². The molecule has 0 radical (unpaired) electrons. The molecule has 0 fully saturated rings. The van der Waals surface area contributed by atoms with Crippen LogP contribution < -0.4 is 11.1 Å². The SMILES string of the molecule is NCCCOCC(=O)Nc1ccc(Br)cc1. The Labute approximate surface area is 103 Å². The van der Waals surface area contributed by atoms with Crippen LogP contribution in [0.1, 0.15) is 6.42 Å². The number of nitrogens with two attached hydrogens (primary N) is 1. The highest BCUT2D eigenvalue weighted by molar-refractivity contribution is 9.10. The van der Waals surface area contributed by atoms with Crippen LogP contribution in [0.2, 0.25) is 0 Å². The number of hydrogen-bond acceptors (Lipinski definition) is 3. The van der Waals surface area contributed by atoms with E-state index in [1.807, 2.05) is 24.3 Å². The molecule has 16 heavy (non-hydrogen) atoms. The Bertz CT molecular complexity index is 327. The summed E-state index contributed by atoms with van der Waals surface area (Å²) in [5.74, 6) is -0.153. The van der Waals surface area contributed by atoms with Gasteiger partial charge in [-0.25, -0.2) is 0 Å². The molecular weight excluding hydrogens is 272 g/mol. The predicted octanol–water partition coefficient (Wildman–Crippen LogP) is 1.75. The number of carbonyl (C=O) groups is 1. The lowest BCUT2D eigenvalue weighted by molar-refractivity contribution is -0.120. The lowest BCUT2D eigenvalue weighted by Gasteiger charge is -2.05. The minimum Gasteiger partial charge on any atom is -0.372 e. The van der Waals surface area contributed by atoms with Crippen molar-refractivity contribution >= 4 is 27.5 Å². The third-order valence-corrected chi connectivity index (χ3v) is 2.38. The maximum absolute atomic E-state index is 11.4. The van der Waals surface area contributed by atoms with Gasteiger partial charge in [0.2, 0.25) is 5.91 Å². The van der Waals surface area contributed by atoms with Crippen molar-refractivity contribution in [3.8, 4) is 0 Å². The first-order valence-corrected chi connectivity index (χ1v) is 5.85. The Morgan fingerprint density at radius 2 is 2.06 bits per heavy atom. The van der Waals surface area contributed by atoms with E-state index in [-0.39, 0.29) is 12.5 Å². The van der Waals surface area contributed by atoms with Crippen LogP contribution in [0.4, 0.5) is 5.69 Å². The smallest absolute Gasteiger partial charge is 0.250 e. The second-order valence-corrected chi connectivity index (χ2v) is 4.17. The Morgan fingerprint density at radius 1 is 1.38 bits per heavy atom. The molecule has 0 aromatic heterocycles. The van der Waals surface area contributed by atoms with Crippen molar-refractivity contribution in [3.63, 3.8) is 0 Å². The van der Waals surface area contributed by atoms with Gasteiger partial charge in [0.15, 0.2) is 0 Å². The number of benzene rings is 1. The summed E-state index contributed by atoms with van der Waals surface area (Å²) in [6.45, 7) is 1.16. The summed E-state index contributed by atoms with van der Waals surface area (Å²) in [7, 11) is 0. The van der Waals surface area contributed by atoms with E-state index in [1.165, 1.54) is 0 Å². The average Bonchev–Trinajstić information content (AvgIpc) is 2.28. The van der Waals surface area contributed by atoms with E-state index < -0.39 is 0 Å². The highest BCUT2D eigenvalue weighted by atomic mass is 79.9. The summed E-state index contributed by atoms with van der Waals surface area (Å²) in [6.07, 6.45) is 0.769. The predicted molar refractivity (Wildman–Crippen MR) is 67.3 cm³/mol. The number of amides is 1. The van der Waals surface area contributed by atoms with E-state index in [0.717, 1.165) is 16.6 Å². The molecule has 3 N–H and O–H groups in total. The third-order valence-electron chi connectivity index (χ3n) is 1.85. The summed E-state index contributed by atoms with van der Waals surface area (Å²) < 4.78 is 6.11. The molecule has 0 bridgehead atoms. The Balaban J connectivity index is 2.26. The maximum atomic E-state index is 11.4. The summed E-state index contributed by atoms with van der Waals surface area (Å²) in [5, 5.41) is 2.73. The normalized spacial score (nSPS) is 10.1. The largest absolute Gasteiger partial charge is 0.372 e. The fourth-order valence-corrected chi connectivity index (χ4v) is 1.34. The van der Waals surface area contributed by atoms with Gasteiger partial charge in [-0.15, -0.1) is 0 Å². The summed E-state index contributed by atoms with van der Waals surface area (Å²) in [4.78, 5) is 11.4. The lowest BCUT2D eigenvalue weighted by Crippen LogP contribution is -2.19. The van der Waals surface area contributed by atoms with Crippen molar-refractivity contribution in [1.82, 2.24) is 0 Å². The fraction of sp³-hybridized carbons (Fsp3) is 0.364. The molecule has 0 saturated heterocycles. The van der Waals surface area contributed by atoms with E-state index in [0.29, 0.717) is 13.2 Å². The standard InChI is InChI=1S/C11H15BrN2O2/c12-9-2-4-10(5-3-9)14-11(15)8-16-7-1-6-13/h2-5H,1,6-8,13H2,(H,14,15). The van der Waals surface area contributed by atoms with Crippen molar-refractivity contribution in [3.05, 3.63) is 28.7 Å². The Hall–Kier alpha value is -0.910. The van der Waals surface area contributed by atoms with Gasteiger partial charge in [0, 0.05) is 16.8 Å². The number of nitrogens with one attached hydrogen (secondary N) is 1. The van der Waals surface area contributed by atoms with Gasteiger partial charge in [-0.05, 0) is 37.2 Å². The maximum Gasteiger partial charge on any atom is 0.250 e. The third kappa shape index (κ3) is 5.25. The Morgan fingerprint density at radius 3 is 2.69 bits per heavy atom. The monoisotopic (exact) mass is 286 g/mol. The highest BCUT2D eigenvalue weighted by Crippen LogP contribution is 2.13. The molecule has 0 spiro atoms. The van der Waals surface area contributed by atoms with Crippen molar-refractivity contribution in [2.75, 3.05) is 25.1 Å². The van der Waals surface area contributed by atoms with Gasteiger partial charge < -0.3 is 15.8 Å². The lowest BCUT2D eigenvalue weighted by atomic mass is 10.3. The second kappa shape index (κ2) is 7.38. The minimum atomic E-state index is -0.153. The first-order chi connectivity index (χ1) is 7.72. The van der Waals surface area contributed by atoms with Crippen LogP contribution in [0.3, 0.4) is 0 Å². The zero-order valence-electron chi connectivity index (χ0n) is 8.91. The van der Waals surface area contributed by atoms with E-state index >= 15 is 0 Å². The van der Waals surface area contributed by atoms with Crippen LogP contribution in [0.15, 0.2) is 28.7 Å². The van der Waals surface area contributed by atoms with Gasteiger partial charge in [0.25, 0.3) is 0 Å². The number of hydrogen-bond donors (Lipinski definition) is 2. The van der Waals surface area contributed by atoms with Crippen LogP contribution in [0, 0.1) is 0 Å². The molecule has 0 heterocycles. The van der Waals surface area contributed by atoms with Crippen molar-refractivity contribution < 1.29 is 9.53 Å². The molecule has 5 heteroatoms. The molecule has 1 amide bonds. The molecule has 0 aliphatic rings. The highest BCUT2D eigenvalue weighted by Gasteiger charge is 2.01. The zero-order valence-corrected chi connectivity index (χ0v) is 10.5. The number of anilines is 1.